The lowest BCUT2D eigenvalue weighted by molar-refractivity contribution is 0.0817. The highest BCUT2D eigenvalue weighted by atomic mass is 16.2. The summed E-state index contributed by atoms with van der Waals surface area (Å²) >= 11 is 0. The molecule has 0 aliphatic rings. The van der Waals surface area contributed by atoms with E-state index in [2.05, 4.69) is 23.7 Å². The average molecular weight is 415 g/mol. The molecule has 0 radical (unpaired) electrons. The minimum atomic E-state index is -0.546. The molecule has 0 N–H and O–H groups in total. The van der Waals surface area contributed by atoms with Crippen LogP contribution in [0.4, 0.5) is 0 Å². The Hall–Kier alpha value is -4.40. The van der Waals surface area contributed by atoms with Crippen LogP contribution in [0.5, 0.6) is 0 Å². The van der Waals surface area contributed by atoms with Gasteiger partial charge in [-0.15, -0.1) is 0 Å². The van der Waals surface area contributed by atoms with Crippen LogP contribution in [-0.4, -0.2) is 11.6 Å². The van der Waals surface area contributed by atoms with Gasteiger partial charge in [0.2, 0.25) is 11.6 Å². The largest absolute Gasteiger partial charge is 0.285 e. The molecule has 0 bridgehead atoms. The molecule has 0 unspecified atom stereocenters. The zero-order valence-corrected chi connectivity index (χ0v) is 18.1. The molecule has 2 nitrogen and oxygen atoms in total. The Bertz CT molecular complexity index is 1280. The van der Waals surface area contributed by atoms with Gasteiger partial charge in [-0.05, 0) is 74.5 Å². The number of ketones is 2. The van der Waals surface area contributed by atoms with Crippen LogP contribution in [0.1, 0.15) is 51.3 Å². The molecular formula is C30H22O2. The van der Waals surface area contributed by atoms with Gasteiger partial charge < -0.3 is 0 Å². The summed E-state index contributed by atoms with van der Waals surface area (Å²) in [6, 6.07) is 23.2. The second-order valence-electron chi connectivity index (χ2n) is 6.92. The molecule has 0 atom stereocenters. The summed E-state index contributed by atoms with van der Waals surface area (Å²) in [6.45, 7) is 3.87. The summed E-state index contributed by atoms with van der Waals surface area (Å²) < 4.78 is 0. The number of carbonyl (C=O) groups excluding carboxylic acids is 2. The Labute approximate surface area is 189 Å². The SMILES string of the molecule is C/C=C\C(C#Cc1ccc(C(=O)C(=O)c2ccc(C#Cc3ccccc3)cc2)cc1)=C/C. The molecule has 0 saturated carbocycles. The Balaban J connectivity index is 1.70. The van der Waals surface area contributed by atoms with E-state index in [0.717, 1.165) is 22.3 Å². The summed E-state index contributed by atoms with van der Waals surface area (Å²) in [7, 11) is 0. The first kappa shape index (κ1) is 22.3. The highest BCUT2D eigenvalue weighted by molar-refractivity contribution is 6.49. The molecule has 0 heterocycles. The van der Waals surface area contributed by atoms with E-state index in [0.29, 0.717) is 11.1 Å². The maximum Gasteiger partial charge on any atom is 0.233 e. The van der Waals surface area contributed by atoms with Crippen molar-refractivity contribution in [1.29, 1.82) is 0 Å². The van der Waals surface area contributed by atoms with E-state index in [1.54, 1.807) is 48.5 Å². The van der Waals surface area contributed by atoms with E-state index < -0.39 is 11.6 Å². The Morgan fingerprint density at radius 2 is 1.09 bits per heavy atom. The predicted octanol–water partition coefficient (Wildman–Crippen LogP) is 6.03. The molecule has 3 aromatic rings. The third kappa shape index (κ3) is 6.05. The number of rotatable bonds is 4. The Morgan fingerprint density at radius 3 is 1.56 bits per heavy atom. The number of benzene rings is 3. The van der Waals surface area contributed by atoms with Crippen molar-refractivity contribution in [3.8, 4) is 23.7 Å². The molecule has 0 fully saturated rings. The normalized spacial score (nSPS) is 10.6. The predicted molar refractivity (Wildman–Crippen MR) is 129 cm³/mol. The number of carbonyl (C=O) groups is 2. The van der Waals surface area contributed by atoms with Crippen molar-refractivity contribution in [3.63, 3.8) is 0 Å². The fraction of sp³-hybridized carbons (Fsp3) is 0.0667. The molecule has 3 rings (SSSR count). The first-order chi connectivity index (χ1) is 15.6. The molecule has 0 aliphatic heterocycles. The van der Waals surface area contributed by atoms with Gasteiger partial charge in [-0.3, -0.25) is 9.59 Å². The third-order valence-corrected chi connectivity index (χ3v) is 4.63. The van der Waals surface area contributed by atoms with Crippen molar-refractivity contribution in [2.45, 2.75) is 13.8 Å². The van der Waals surface area contributed by atoms with Crippen LogP contribution in [0.2, 0.25) is 0 Å². The minimum Gasteiger partial charge on any atom is -0.285 e. The van der Waals surface area contributed by atoms with Crippen molar-refractivity contribution in [2.75, 3.05) is 0 Å². The van der Waals surface area contributed by atoms with Crippen molar-refractivity contribution in [2.24, 2.45) is 0 Å². The first-order valence-corrected chi connectivity index (χ1v) is 10.3. The summed E-state index contributed by atoms with van der Waals surface area (Å²) in [5.41, 5.74) is 4.07. The topological polar surface area (TPSA) is 34.1 Å². The average Bonchev–Trinajstić information content (AvgIpc) is 2.85. The van der Waals surface area contributed by atoms with Crippen LogP contribution in [-0.2, 0) is 0 Å². The lowest BCUT2D eigenvalue weighted by Crippen LogP contribution is -2.14. The fourth-order valence-corrected chi connectivity index (χ4v) is 2.87. The van der Waals surface area contributed by atoms with Gasteiger partial charge in [-0.1, -0.05) is 60.1 Å². The number of hydrogen-bond acceptors (Lipinski definition) is 2. The van der Waals surface area contributed by atoms with Crippen molar-refractivity contribution in [1.82, 2.24) is 0 Å². The van der Waals surface area contributed by atoms with E-state index >= 15 is 0 Å². The summed E-state index contributed by atoms with van der Waals surface area (Å²) in [6.07, 6.45) is 5.80. The third-order valence-electron chi connectivity index (χ3n) is 4.63. The van der Waals surface area contributed by atoms with Gasteiger partial charge in [-0.2, -0.15) is 0 Å². The van der Waals surface area contributed by atoms with Gasteiger partial charge in [0.15, 0.2) is 0 Å². The molecule has 0 aliphatic carbocycles. The lowest BCUT2D eigenvalue weighted by Gasteiger charge is -2.02. The van der Waals surface area contributed by atoms with Crippen LogP contribution < -0.4 is 0 Å². The molecule has 154 valence electrons. The number of allylic oxidation sites excluding steroid dienone is 4. The van der Waals surface area contributed by atoms with E-state index in [-0.39, 0.29) is 0 Å². The van der Waals surface area contributed by atoms with E-state index in [1.807, 2.05) is 62.4 Å². The van der Waals surface area contributed by atoms with Crippen LogP contribution in [0.3, 0.4) is 0 Å². The highest BCUT2D eigenvalue weighted by Gasteiger charge is 2.18. The Morgan fingerprint density at radius 1 is 0.625 bits per heavy atom. The molecule has 3 aromatic carbocycles. The maximum atomic E-state index is 12.6. The molecule has 0 saturated heterocycles. The number of hydrogen-bond donors (Lipinski definition) is 0. The summed E-state index contributed by atoms with van der Waals surface area (Å²) in [4.78, 5) is 25.2. The van der Waals surface area contributed by atoms with E-state index in [1.165, 1.54) is 0 Å². The quantitative estimate of drug-likeness (QED) is 0.226. The monoisotopic (exact) mass is 414 g/mol. The van der Waals surface area contributed by atoms with Gasteiger partial charge in [0.25, 0.3) is 0 Å². The van der Waals surface area contributed by atoms with Gasteiger partial charge in [0, 0.05) is 33.4 Å². The summed E-state index contributed by atoms with van der Waals surface area (Å²) in [5.74, 6) is 11.2. The maximum absolute atomic E-state index is 12.6. The fourth-order valence-electron chi connectivity index (χ4n) is 2.87. The van der Waals surface area contributed by atoms with E-state index in [9.17, 15) is 9.59 Å². The molecule has 2 heteroatoms. The molecule has 32 heavy (non-hydrogen) atoms. The Kier molecular flexibility index (Phi) is 7.74. The first-order valence-electron chi connectivity index (χ1n) is 10.3. The number of Topliss-reactive ketones (excluding diaryl/α,β-unsaturated/α-hetero) is 2. The second-order valence-corrected chi connectivity index (χ2v) is 6.92. The standard InChI is InChI=1S/C30H22O2/c1-3-8-23(4-2)11-12-25-15-19-27(20-16-25)29(31)30(32)28-21-17-26(18-22-28)14-13-24-9-6-5-7-10-24/h3-10,15-22H,1-2H3/b8-3-,23-4+. The zero-order valence-electron chi connectivity index (χ0n) is 18.1. The zero-order chi connectivity index (χ0) is 22.8. The van der Waals surface area contributed by atoms with Crippen LogP contribution in [0, 0.1) is 23.7 Å². The molecule has 0 aromatic heterocycles. The van der Waals surface area contributed by atoms with Gasteiger partial charge in [0.1, 0.15) is 0 Å². The highest BCUT2D eigenvalue weighted by Crippen LogP contribution is 2.11. The van der Waals surface area contributed by atoms with Gasteiger partial charge >= 0.3 is 0 Å². The van der Waals surface area contributed by atoms with Gasteiger partial charge in [-0.25, -0.2) is 0 Å². The lowest BCUT2D eigenvalue weighted by atomic mass is 9.99. The minimum absolute atomic E-state index is 0.341. The molecule has 0 amide bonds. The van der Waals surface area contributed by atoms with Crippen LogP contribution >= 0.6 is 0 Å². The smallest absolute Gasteiger partial charge is 0.233 e. The van der Waals surface area contributed by atoms with Crippen molar-refractivity contribution in [3.05, 3.63) is 130 Å². The van der Waals surface area contributed by atoms with Crippen LogP contribution in [0.15, 0.2) is 103 Å². The van der Waals surface area contributed by atoms with Crippen molar-refractivity contribution >= 4 is 11.6 Å². The second kappa shape index (κ2) is 11.1. The van der Waals surface area contributed by atoms with Crippen LogP contribution in [0.25, 0.3) is 0 Å². The van der Waals surface area contributed by atoms with E-state index in [4.69, 9.17) is 0 Å². The van der Waals surface area contributed by atoms with Crippen molar-refractivity contribution < 1.29 is 9.59 Å². The van der Waals surface area contributed by atoms with Gasteiger partial charge in [0.05, 0.1) is 0 Å². The summed E-state index contributed by atoms with van der Waals surface area (Å²) in [5, 5.41) is 0. The molecular weight excluding hydrogens is 392 g/mol. The molecule has 0 spiro atoms.